The van der Waals surface area contributed by atoms with Crippen LogP contribution in [0.25, 0.3) is 0 Å². The van der Waals surface area contributed by atoms with Gasteiger partial charge in [-0.05, 0) is 24.6 Å². The van der Waals surface area contributed by atoms with Gasteiger partial charge in [0, 0.05) is 6.42 Å². The van der Waals surface area contributed by atoms with E-state index in [9.17, 15) is 22.4 Å². The Kier molecular flexibility index (Phi) is 5.64. The normalized spacial score (nSPS) is 12.9. The fourth-order valence-electron chi connectivity index (χ4n) is 1.45. The molecule has 7 nitrogen and oxygen atoms in total. The Balaban J connectivity index is 3.03. The molecule has 0 aliphatic heterocycles. The maximum absolute atomic E-state index is 13.1. The molecule has 1 amide bonds. The van der Waals surface area contributed by atoms with Gasteiger partial charge < -0.3 is 10.8 Å². The highest BCUT2D eigenvalue weighted by Gasteiger charge is 2.27. The van der Waals surface area contributed by atoms with Gasteiger partial charge in [0.05, 0.1) is 5.02 Å². The molecule has 0 aliphatic carbocycles. The molecule has 10 heteroatoms. The summed E-state index contributed by atoms with van der Waals surface area (Å²) in [6.45, 7) is 0. The first-order chi connectivity index (χ1) is 9.63. The Morgan fingerprint density at radius 1 is 1.43 bits per heavy atom. The molecule has 0 radical (unpaired) electrons. The number of hydrogen-bond acceptors (Lipinski definition) is 4. The van der Waals surface area contributed by atoms with Crippen molar-refractivity contribution >= 4 is 33.5 Å². The summed E-state index contributed by atoms with van der Waals surface area (Å²) < 4.78 is 39.0. The number of carbonyl (C=O) groups is 2. The Morgan fingerprint density at radius 3 is 2.57 bits per heavy atom. The van der Waals surface area contributed by atoms with Crippen molar-refractivity contribution in [1.29, 1.82) is 0 Å². The molecule has 4 N–H and O–H groups in total. The standard InChI is InChI=1S/C11H12ClFN2O5S/c12-7-2-1-6(13)5-9(7)21(19,20)15-8(11(17)18)3-4-10(14)16/h1-2,5,8,15H,3-4H2,(H2,14,16)(H,17,18)/t8-/m0/s1. The van der Waals surface area contributed by atoms with Crippen LogP contribution in [0.4, 0.5) is 4.39 Å². The Bertz CT molecular complexity index is 665. The number of carboxylic acid groups (broad SMARTS) is 1. The first-order valence-electron chi connectivity index (χ1n) is 5.62. The zero-order valence-corrected chi connectivity index (χ0v) is 12.1. The maximum Gasteiger partial charge on any atom is 0.321 e. The van der Waals surface area contributed by atoms with Crippen LogP contribution in [0.1, 0.15) is 12.8 Å². The van der Waals surface area contributed by atoms with Crippen molar-refractivity contribution in [3.05, 3.63) is 29.0 Å². The second-order valence-corrected chi connectivity index (χ2v) is 6.18. The second kappa shape index (κ2) is 6.83. The summed E-state index contributed by atoms with van der Waals surface area (Å²) in [5.41, 5.74) is 4.88. The van der Waals surface area contributed by atoms with Gasteiger partial charge in [0.1, 0.15) is 16.8 Å². The van der Waals surface area contributed by atoms with E-state index < -0.39 is 38.7 Å². The first kappa shape index (κ1) is 17.3. The van der Waals surface area contributed by atoms with Crippen LogP contribution in [0.15, 0.2) is 23.1 Å². The van der Waals surface area contributed by atoms with Gasteiger partial charge in [-0.15, -0.1) is 0 Å². The van der Waals surface area contributed by atoms with Crippen LogP contribution >= 0.6 is 11.6 Å². The lowest BCUT2D eigenvalue weighted by atomic mass is 10.2. The zero-order valence-electron chi connectivity index (χ0n) is 10.5. The zero-order chi connectivity index (χ0) is 16.2. The molecular formula is C11H12ClFN2O5S. The summed E-state index contributed by atoms with van der Waals surface area (Å²) >= 11 is 5.66. The number of nitrogens with one attached hydrogen (secondary N) is 1. The van der Waals surface area contributed by atoms with E-state index in [0.717, 1.165) is 12.1 Å². The Morgan fingerprint density at radius 2 is 2.05 bits per heavy atom. The molecule has 0 aromatic heterocycles. The average Bonchev–Trinajstić information content (AvgIpc) is 2.36. The van der Waals surface area contributed by atoms with Gasteiger partial charge in [-0.25, -0.2) is 12.8 Å². The number of nitrogens with two attached hydrogens (primary N) is 1. The summed E-state index contributed by atoms with van der Waals surface area (Å²) in [5, 5.41) is 8.67. The molecule has 21 heavy (non-hydrogen) atoms. The molecule has 1 aromatic carbocycles. The molecule has 1 aromatic rings. The summed E-state index contributed by atoms with van der Waals surface area (Å²) in [7, 11) is -4.36. The summed E-state index contributed by atoms with van der Waals surface area (Å²) in [6.07, 6.45) is -0.660. The van der Waals surface area contributed by atoms with Crippen LogP contribution in [0, 0.1) is 5.82 Å². The van der Waals surface area contributed by atoms with Crippen LogP contribution in [-0.2, 0) is 19.6 Å². The van der Waals surface area contributed by atoms with Crippen LogP contribution in [-0.4, -0.2) is 31.4 Å². The van der Waals surface area contributed by atoms with Gasteiger partial charge in [0.2, 0.25) is 15.9 Å². The highest BCUT2D eigenvalue weighted by atomic mass is 35.5. The molecule has 116 valence electrons. The SMILES string of the molecule is NC(=O)CC[C@H](NS(=O)(=O)c1cc(F)ccc1Cl)C(=O)O. The molecule has 0 heterocycles. The minimum atomic E-state index is -4.36. The number of primary amides is 1. The second-order valence-electron chi connectivity index (χ2n) is 4.09. The fraction of sp³-hybridized carbons (Fsp3) is 0.273. The monoisotopic (exact) mass is 338 g/mol. The van der Waals surface area contributed by atoms with Gasteiger partial charge in [-0.3, -0.25) is 9.59 Å². The number of aliphatic carboxylic acids is 1. The number of carboxylic acids is 1. The predicted molar refractivity (Wildman–Crippen MR) is 71.6 cm³/mol. The topological polar surface area (TPSA) is 127 Å². The van der Waals surface area contributed by atoms with Gasteiger partial charge in [-0.2, -0.15) is 4.72 Å². The molecule has 0 bridgehead atoms. The lowest BCUT2D eigenvalue weighted by molar-refractivity contribution is -0.139. The van der Waals surface area contributed by atoms with Crippen molar-refractivity contribution in [2.45, 2.75) is 23.8 Å². The molecule has 0 saturated carbocycles. The number of benzene rings is 1. The average molecular weight is 339 g/mol. The lowest BCUT2D eigenvalue weighted by Gasteiger charge is -2.14. The third-order valence-corrected chi connectivity index (χ3v) is 4.41. The third-order valence-electron chi connectivity index (χ3n) is 2.46. The van der Waals surface area contributed by atoms with Crippen LogP contribution in [0.5, 0.6) is 0 Å². The minimum Gasteiger partial charge on any atom is -0.480 e. The maximum atomic E-state index is 13.1. The van der Waals surface area contributed by atoms with Gasteiger partial charge >= 0.3 is 5.97 Å². The molecule has 0 saturated heterocycles. The number of hydrogen-bond donors (Lipinski definition) is 3. The van der Waals surface area contributed by atoms with E-state index in [0.29, 0.717) is 6.07 Å². The number of halogens is 2. The first-order valence-corrected chi connectivity index (χ1v) is 7.48. The predicted octanol–water partition coefficient (Wildman–Crippen LogP) is 0.476. The van der Waals surface area contributed by atoms with Crippen molar-refractivity contribution in [1.82, 2.24) is 4.72 Å². The molecule has 0 aliphatic rings. The summed E-state index contributed by atoms with van der Waals surface area (Å²) in [5.74, 6) is -3.11. The Labute approximate surface area is 124 Å². The van der Waals surface area contributed by atoms with Crippen molar-refractivity contribution in [2.24, 2.45) is 5.73 Å². The van der Waals surface area contributed by atoms with Gasteiger partial charge in [0.25, 0.3) is 0 Å². The van der Waals surface area contributed by atoms with Gasteiger partial charge in [-0.1, -0.05) is 11.6 Å². The van der Waals surface area contributed by atoms with E-state index in [4.69, 9.17) is 22.4 Å². The molecule has 1 atom stereocenters. The lowest BCUT2D eigenvalue weighted by Crippen LogP contribution is -2.41. The van der Waals surface area contributed by atoms with Crippen LogP contribution in [0.2, 0.25) is 5.02 Å². The third kappa shape index (κ3) is 4.96. The van der Waals surface area contributed by atoms with Crippen LogP contribution in [0.3, 0.4) is 0 Å². The van der Waals surface area contributed by atoms with E-state index in [2.05, 4.69) is 0 Å². The molecule has 1 rings (SSSR count). The van der Waals surface area contributed by atoms with E-state index in [1.54, 1.807) is 0 Å². The quantitative estimate of drug-likeness (QED) is 0.666. The number of amides is 1. The van der Waals surface area contributed by atoms with Crippen molar-refractivity contribution in [2.75, 3.05) is 0 Å². The van der Waals surface area contributed by atoms with E-state index in [1.807, 2.05) is 4.72 Å². The Hall–Kier alpha value is -1.71. The molecule has 0 fully saturated rings. The number of carbonyl (C=O) groups excluding carboxylic acids is 1. The van der Waals surface area contributed by atoms with Crippen molar-refractivity contribution in [3.8, 4) is 0 Å². The molecule has 0 spiro atoms. The van der Waals surface area contributed by atoms with Crippen LogP contribution < -0.4 is 10.5 Å². The summed E-state index contributed by atoms with van der Waals surface area (Å²) in [4.78, 5) is 21.0. The largest absolute Gasteiger partial charge is 0.480 e. The van der Waals surface area contributed by atoms with Gasteiger partial charge in [0.15, 0.2) is 0 Å². The van der Waals surface area contributed by atoms with Crippen molar-refractivity contribution in [3.63, 3.8) is 0 Å². The van der Waals surface area contributed by atoms with E-state index in [1.165, 1.54) is 0 Å². The highest BCUT2D eigenvalue weighted by molar-refractivity contribution is 7.89. The van der Waals surface area contributed by atoms with E-state index >= 15 is 0 Å². The van der Waals surface area contributed by atoms with E-state index in [-0.39, 0.29) is 17.9 Å². The van der Waals surface area contributed by atoms with Crippen molar-refractivity contribution < 1.29 is 27.5 Å². The number of sulfonamides is 1. The molecular weight excluding hydrogens is 327 g/mol. The summed E-state index contributed by atoms with van der Waals surface area (Å²) in [6, 6.07) is 1.08. The highest BCUT2D eigenvalue weighted by Crippen LogP contribution is 2.22. The molecule has 0 unspecified atom stereocenters. The number of rotatable bonds is 7. The fourth-order valence-corrected chi connectivity index (χ4v) is 3.19. The minimum absolute atomic E-state index is 0.261. The smallest absolute Gasteiger partial charge is 0.321 e.